The van der Waals surface area contributed by atoms with E-state index < -0.39 is 23.6 Å². The molecule has 0 amide bonds. The molecule has 4 nitrogen and oxygen atoms in total. The number of alkyl halides is 3. The first-order valence-corrected chi connectivity index (χ1v) is 5.79. The molecule has 0 N–H and O–H groups in total. The van der Waals surface area contributed by atoms with E-state index >= 15 is 0 Å². The summed E-state index contributed by atoms with van der Waals surface area (Å²) in [7, 11) is 0. The standard InChI is InChI=1S/C11H6Cl2F3N3O/c1-5(20)9(4-17)18-19-10-7(12)2-6(3-8(10)13)11(14,15)16/h2-3,9H,1H3/b19-18+. The summed E-state index contributed by atoms with van der Waals surface area (Å²) in [6, 6.07) is 1.48. The van der Waals surface area contributed by atoms with Gasteiger partial charge in [0.05, 0.1) is 21.7 Å². The molecule has 0 aromatic heterocycles. The molecule has 0 bridgehead atoms. The number of ketones is 1. The van der Waals surface area contributed by atoms with E-state index in [-0.39, 0.29) is 15.7 Å². The summed E-state index contributed by atoms with van der Waals surface area (Å²) in [5.74, 6) is -0.560. The minimum Gasteiger partial charge on any atom is -0.296 e. The van der Waals surface area contributed by atoms with Crippen molar-refractivity contribution < 1.29 is 18.0 Å². The molecule has 0 aliphatic rings. The number of hydrogen-bond acceptors (Lipinski definition) is 4. The minimum absolute atomic E-state index is 0.233. The van der Waals surface area contributed by atoms with Gasteiger partial charge in [0.15, 0.2) is 5.78 Å². The topological polar surface area (TPSA) is 65.6 Å². The summed E-state index contributed by atoms with van der Waals surface area (Å²) in [5.41, 5.74) is -1.27. The van der Waals surface area contributed by atoms with Gasteiger partial charge < -0.3 is 0 Å². The number of rotatable bonds is 3. The highest BCUT2D eigenvalue weighted by molar-refractivity contribution is 6.38. The zero-order valence-electron chi connectivity index (χ0n) is 9.87. The zero-order valence-corrected chi connectivity index (χ0v) is 11.4. The maximum absolute atomic E-state index is 12.5. The third-order valence-corrected chi connectivity index (χ3v) is 2.70. The number of Topliss-reactive ketones (excluding diaryl/α,β-unsaturated/α-hetero) is 1. The molecule has 0 aliphatic carbocycles. The van der Waals surface area contributed by atoms with Crippen molar-refractivity contribution in [3.05, 3.63) is 27.7 Å². The number of nitriles is 1. The average Bonchev–Trinajstić information content (AvgIpc) is 2.30. The van der Waals surface area contributed by atoms with Crippen LogP contribution in [0.3, 0.4) is 0 Å². The Labute approximate surface area is 121 Å². The smallest absolute Gasteiger partial charge is 0.296 e. The number of nitrogens with zero attached hydrogens (tertiary/aromatic N) is 3. The summed E-state index contributed by atoms with van der Waals surface area (Å²) in [5, 5.41) is 14.7. The lowest BCUT2D eigenvalue weighted by molar-refractivity contribution is -0.137. The summed E-state index contributed by atoms with van der Waals surface area (Å²) in [4.78, 5) is 11.0. The number of azo groups is 1. The van der Waals surface area contributed by atoms with Crippen molar-refractivity contribution in [3.8, 4) is 6.07 Å². The molecule has 0 fully saturated rings. The molecular formula is C11H6Cl2F3N3O. The predicted octanol–water partition coefficient (Wildman–Crippen LogP) is 4.58. The monoisotopic (exact) mass is 323 g/mol. The largest absolute Gasteiger partial charge is 0.416 e. The van der Waals surface area contributed by atoms with E-state index in [1.165, 1.54) is 0 Å². The van der Waals surface area contributed by atoms with Crippen LogP contribution in [0, 0.1) is 11.3 Å². The van der Waals surface area contributed by atoms with E-state index in [1.807, 2.05) is 0 Å². The summed E-state index contributed by atoms with van der Waals surface area (Å²) >= 11 is 11.3. The first-order chi connectivity index (χ1) is 9.16. The van der Waals surface area contributed by atoms with E-state index in [9.17, 15) is 18.0 Å². The predicted molar refractivity (Wildman–Crippen MR) is 66.1 cm³/mol. The number of carbonyl (C=O) groups excluding carboxylic acids is 1. The lowest BCUT2D eigenvalue weighted by atomic mass is 10.2. The van der Waals surface area contributed by atoms with Crippen LogP contribution in [0.4, 0.5) is 18.9 Å². The molecular weight excluding hydrogens is 318 g/mol. The molecule has 1 atom stereocenters. The van der Waals surface area contributed by atoms with Gasteiger partial charge in [0.2, 0.25) is 6.04 Å². The van der Waals surface area contributed by atoms with Crippen molar-refractivity contribution in [2.24, 2.45) is 10.2 Å². The first kappa shape index (κ1) is 16.4. The molecule has 0 spiro atoms. The fourth-order valence-electron chi connectivity index (χ4n) is 1.14. The third kappa shape index (κ3) is 3.92. The van der Waals surface area contributed by atoms with Crippen LogP contribution in [0.5, 0.6) is 0 Å². The Morgan fingerprint density at radius 1 is 1.35 bits per heavy atom. The molecule has 0 saturated carbocycles. The SMILES string of the molecule is CC(=O)C(C#N)/N=N/c1c(Cl)cc(C(F)(F)F)cc1Cl. The van der Waals surface area contributed by atoms with Crippen LogP contribution in [0.1, 0.15) is 12.5 Å². The minimum atomic E-state index is -4.60. The Morgan fingerprint density at radius 2 is 1.85 bits per heavy atom. The van der Waals surface area contributed by atoms with E-state index in [0.717, 1.165) is 6.92 Å². The summed E-state index contributed by atoms with van der Waals surface area (Å²) in [6.45, 7) is 1.13. The lowest BCUT2D eigenvalue weighted by Gasteiger charge is -2.09. The Bertz CT molecular complexity index is 585. The molecule has 0 aliphatic heterocycles. The van der Waals surface area contributed by atoms with Crippen LogP contribution < -0.4 is 0 Å². The van der Waals surface area contributed by atoms with Crippen LogP contribution in [0.15, 0.2) is 22.4 Å². The van der Waals surface area contributed by atoms with Gasteiger partial charge in [-0.2, -0.15) is 28.7 Å². The Morgan fingerprint density at radius 3 is 2.20 bits per heavy atom. The highest BCUT2D eigenvalue weighted by atomic mass is 35.5. The first-order valence-electron chi connectivity index (χ1n) is 5.04. The molecule has 1 aromatic carbocycles. The zero-order chi connectivity index (χ0) is 15.5. The molecule has 1 aromatic rings. The van der Waals surface area contributed by atoms with Crippen molar-refractivity contribution >= 4 is 34.7 Å². The van der Waals surface area contributed by atoms with Crippen LogP contribution in [0.2, 0.25) is 10.0 Å². The van der Waals surface area contributed by atoms with Gasteiger partial charge in [-0.1, -0.05) is 23.2 Å². The Balaban J connectivity index is 3.19. The van der Waals surface area contributed by atoms with Crippen LogP contribution >= 0.6 is 23.2 Å². The maximum Gasteiger partial charge on any atom is 0.416 e. The quantitative estimate of drug-likeness (QED) is 0.764. The van der Waals surface area contributed by atoms with Gasteiger partial charge in [-0.05, 0) is 19.1 Å². The van der Waals surface area contributed by atoms with Crippen LogP contribution in [-0.4, -0.2) is 11.8 Å². The van der Waals surface area contributed by atoms with Crippen molar-refractivity contribution in [2.75, 3.05) is 0 Å². The highest BCUT2D eigenvalue weighted by Crippen LogP contribution is 2.40. The number of benzene rings is 1. The molecule has 1 rings (SSSR count). The molecule has 0 radical (unpaired) electrons. The van der Waals surface area contributed by atoms with Crippen molar-refractivity contribution in [2.45, 2.75) is 19.1 Å². The fourth-order valence-corrected chi connectivity index (χ4v) is 1.70. The normalized spacial score (nSPS) is 13.2. The van der Waals surface area contributed by atoms with Gasteiger partial charge in [-0.25, -0.2) is 0 Å². The number of hydrogen-bond donors (Lipinski definition) is 0. The molecule has 0 heterocycles. The van der Waals surface area contributed by atoms with Gasteiger partial charge in [-0.15, -0.1) is 0 Å². The number of carbonyl (C=O) groups is 1. The average molecular weight is 324 g/mol. The molecule has 106 valence electrons. The summed E-state index contributed by atoms with van der Waals surface area (Å²) in [6.07, 6.45) is -4.60. The van der Waals surface area contributed by atoms with E-state index in [4.69, 9.17) is 28.5 Å². The highest BCUT2D eigenvalue weighted by Gasteiger charge is 2.32. The Hall–Kier alpha value is -1.65. The van der Waals surface area contributed by atoms with Gasteiger partial charge in [0.25, 0.3) is 0 Å². The van der Waals surface area contributed by atoms with E-state index in [2.05, 4.69) is 10.2 Å². The van der Waals surface area contributed by atoms with Crippen molar-refractivity contribution in [1.29, 1.82) is 5.26 Å². The fraction of sp³-hybridized carbons (Fsp3) is 0.273. The van der Waals surface area contributed by atoms with Gasteiger partial charge in [0, 0.05) is 0 Å². The van der Waals surface area contributed by atoms with Crippen molar-refractivity contribution in [3.63, 3.8) is 0 Å². The van der Waals surface area contributed by atoms with Gasteiger partial charge in [-0.3, -0.25) is 4.79 Å². The molecule has 9 heteroatoms. The van der Waals surface area contributed by atoms with Crippen LogP contribution in [-0.2, 0) is 11.0 Å². The van der Waals surface area contributed by atoms with Crippen molar-refractivity contribution in [1.82, 2.24) is 0 Å². The second kappa shape index (κ2) is 6.20. The molecule has 0 saturated heterocycles. The van der Waals surface area contributed by atoms with Crippen LogP contribution in [0.25, 0.3) is 0 Å². The number of halogens is 5. The second-order valence-corrected chi connectivity index (χ2v) is 4.46. The van der Waals surface area contributed by atoms with Gasteiger partial charge in [0.1, 0.15) is 5.69 Å². The lowest BCUT2D eigenvalue weighted by Crippen LogP contribution is -2.11. The Kier molecular flexibility index (Phi) is 5.09. The maximum atomic E-state index is 12.5. The van der Waals surface area contributed by atoms with Gasteiger partial charge >= 0.3 is 6.18 Å². The van der Waals surface area contributed by atoms with E-state index in [0.29, 0.717) is 12.1 Å². The van der Waals surface area contributed by atoms with E-state index in [1.54, 1.807) is 6.07 Å². The molecule has 1 unspecified atom stereocenters. The summed E-state index contributed by atoms with van der Waals surface area (Å²) < 4.78 is 37.5. The second-order valence-electron chi connectivity index (χ2n) is 3.64. The third-order valence-electron chi connectivity index (χ3n) is 2.12. The molecule has 20 heavy (non-hydrogen) atoms.